The maximum absolute atomic E-state index is 11.6. The fourth-order valence-corrected chi connectivity index (χ4v) is 1.62. The zero-order valence-electron chi connectivity index (χ0n) is 9.01. The van der Waals surface area contributed by atoms with Crippen molar-refractivity contribution in [2.24, 2.45) is 5.10 Å². The van der Waals surface area contributed by atoms with Crippen LogP contribution in [0.2, 0.25) is 0 Å². The fourth-order valence-electron chi connectivity index (χ4n) is 1.62. The summed E-state index contributed by atoms with van der Waals surface area (Å²) < 4.78 is 4.94. The lowest BCUT2D eigenvalue weighted by Gasteiger charge is -2.09. The molecule has 0 saturated carbocycles. The monoisotopic (exact) mass is 219 g/mol. The van der Waals surface area contributed by atoms with E-state index in [9.17, 15) is 4.79 Å². The molecule has 0 amide bonds. The van der Waals surface area contributed by atoms with E-state index in [0.29, 0.717) is 18.9 Å². The molecule has 0 radical (unpaired) electrons. The number of hydrogen-bond acceptors (Lipinski definition) is 5. The van der Waals surface area contributed by atoms with Gasteiger partial charge in [-0.1, -0.05) is 6.07 Å². The lowest BCUT2D eigenvalue weighted by molar-refractivity contribution is -0.135. The van der Waals surface area contributed by atoms with Crippen LogP contribution in [0.1, 0.15) is 18.5 Å². The maximum atomic E-state index is 11.6. The van der Waals surface area contributed by atoms with Crippen molar-refractivity contribution in [3.8, 4) is 0 Å². The molecule has 0 fully saturated rings. The number of ether oxygens (including phenoxy) is 1. The lowest BCUT2D eigenvalue weighted by atomic mass is 10.00. The summed E-state index contributed by atoms with van der Waals surface area (Å²) in [5.41, 5.74) is 4.04. The standard InChI is InChI=1S/C11H13N3O2/c1-2-16-11(15)10-8(7-13-14-10)9-5-3-4-6-12-9/h3-6,8,13H,2,7H2,1H3. The van der Waals surface area contributed by atoms with Crippen LogP contribution in [0.25, 0.3) is 0 Å². The summed E-state index contributed by atoms with van der Waals surface area (Å²) >= 11 is 0. The highest BCUT2D eigenvalue weighted by Crippen LogP contribution is 2.18. The van der Waals surface area contributed by atoms with Crippen molar-refractivity contribution in [2.75, 3.05) is 13.2 Å². The Balaban J connectivity index is 2.18. The van der Waals surface area contributed by atoms with Gasteiger partial charge in [0.2, 0.25) is 0 Å². The summed E-state index contributed by atoms with van der Waals surface area (Å²) in [6.45, 7) is 2.72. The van der Waals surface area contributed by atoms with Gasteiger partial charge in [-0.15, -0.1) is 0 Å². The van der Waals surface area contributed by atoms with Crippen LogP contribution in [-0.4, -0.2) is 29.8 Å². The first-order valence-corrected chi connectivity index (χ1v) is 5.21. The summed E-state index contributed by atoms with van der Waals surface area (Å²) in [5.74, 6) is -0.483. The van der Waals surface area contributed by atoms with Gasteiger partial charge in [-0.25, -0.2) is 4.79 Å². The Labute approximate surface area is 93.5 Å². The van der Waals surface area contributed by atoms with Crippen molar-refractivity contribution in [3.05, 3.63) is 30.1 Å². The number of pyridine rings is 1. The predicted octanol–water partition coefficient (Wildman–Crippen LogP) is 0.688. The number of aromatic nitrogens is 1. The Morgan fingerprint density at radius 2 is 2.50 bits per heavy atom. The van der Waals surface area contributed by atoms with E-state index in [2.05, 4.69) is 15.5 Å². The highest BCUT2D eigenvalue weighted by Gasteiger charge is 2.30. The summed E-state index contributed by atoms with van der Waals surface area (Å²) in [4.78, 5) is 15.8. The van der Waals surface area contributed by atoms with E-state index < -0.39 is 0 Å². The second kappa shape index (κ2) is 4.74. The predicted molar refractivity (Wildman–Crippen MR) is 59.0 cm³/mol. The second-order valence-corrected chi connectivity index (χ2v) is 3.39. The van der Waals surface area contributed by atoms with Crippen LogP contribution in [0.4, 0.5) is 0 Å². The van der Waals surface area contributed by atoms with Crippen molar-refractivity contribution < 1.29 is 9.53 Å². The van der Waals surface area contributed by atoms with Crippen LogP contribution in [0.5, 0.6) is 0 Å². The second-order valence-electron chi connectivity index (χ2n) is 3.39. The van der Waals surface area contributed by atoms with Crippen molar-refractivity contribution in [1.29, 1.82) is 0 Å². The van der Waals surface area contributed by atoms with Crippen molar-refractivity contribution in [2.45, 2.75) is 12.8 Å². The van der Waals surface area contributed by atoms with Gasteiger partial charge in [0.05, 0.1) is 18.2 Å². The molecule has 16 heavy (non-hydrogen) atoms. The zero-order valence-corrected chi connectivity index (χ0v) is 9.01. The molecule has 5 nitrogen and oxygen atoms in total. The normalized spacial score (nSPS) is 18.8. The molecule has 2 heterocycles. The highest BCUT2D eigenvalue weighted by molar-refractivity contribution is 6.39. The third-order valence-electron chi connectivity index (χ3n) is 2.35. The number of nitrogens with zero attached hydrogens (tertiary/aromatic N) is 2. The van der Waals surface area contributed by atoms with Gasteiger partial charge in [-0.2, -0.15) is 5.10 Å². The number of rotatable bonds is 3. The topological polar surface area (TPSA) is 63.6 Å². The van der Waals surface area contributed by atoms with Gasteiger partial charge in [-0.05, 0) is 19.1 Å². The molecule has 0 saturated heterocycles. The molecule has 1 atom stereocenters. The van der Waals surface area contributed by atoms with Crippen LogP contribution in [-0.2, 0) is 9.53 Å². The average Bonchev–Trinajstić information content (AvgIpc) is 2.79. The van der Waals surface area contributed by atoms with E-state index in [-0.39, 0.29) is 11.9 Å². The average molecular weight is 219 g/mol. The van der Waals surface area contributed by atoms with E-state index in [1.165, 1.54) is 0 Å². The van der Waals surface area contributed by atoms with E-state index >= 15 is 0 Å². The number of hydrazone groups is 1. The molecule has 1 aromatic rings. The summed E-state index contributed by atoms with van der Waals surface area (Å²) in [5, 5.41) is 3.96. The first-order chi connectivity index (χ1) is 7.83. The van der Waals surface area contributed by atoms with E-state index in [1.54, 1.807) is 13.1 Å². The summed E-state index contributed by atoms with van der Waals surface area (Å²) in [6, 6.07) is 5.61. The molecule has 0 bridgehead atoms. The van der Waals surface area contributed by atoms with Gasteiger partial charge < -0.3 is 10.2 Å². The Morgan fingerprint density at radius 3 is 3.19 bits per heavy atom. The van der Waals surface area contributed by atoms with Crippen molar-refractivity contribution >= 4 is 11.7 Å². The third-order valence-corrected chi connectivity index (χ3v) is 2.35. The molecular formula is C11H13N3O2. The lowest BCUT2D eigenvalue weighted by Crippen LogP contribution is -2.24. The molecule has 1 aliphatic rings. The van der Waals surface area contributed by atoms with Crippen LogP contribution in [0.15, 0.2) is 29.5 Å². The van der Waals surface area contributed by atoms with Crippen molar-refractivity contribution in [1.82, 2.24) is 10.4 Å². The van der Waals surface area contributed by atoms with Crippen molar-refractivity contribution in [3.63, 3.8) is 0 Å². The summed E-state index contributed by atoms with van der Waals surface area (Å²) in [7, 11) is 0. The van der Waals surface area contributed by atoms with Crippen LogP contribution in [0.3, 0.4) is 0 Å². The third kappa shape index (κ3) is 2.03. The molecule has 1 aliphatic heterocycles. The van der Waals surface area contributed by atoms with Gasteiger partial charge in [0.25, 0.3) is 0 Å². The largest absolute Gasteiger partial charge is 0.461 e. The minimum Gasteiger partial charge on any atom is -0.461 e. The SMILES string of the molecule is CCOC(=O)C1=NNCC1c1ccccn1. The Morgan fingerprint density at radius 1 is 1.62 bits per heavy atom. The Bertz CT molecular complexity index is 403. The molecule has 0 aromatic carbocycles. The molecule has 1 N–H and O–H groups in total. The van der Waals surface area contributed by atoms with Crippen LogP contribution >= 0.6 is 0 Å². The molecule has 5 heteroatoms. The molecule has 1 unspecified atom stereocenters. The Kier molecular flexibility index (Phi) is 3.14. The first-order valence-electron chi connectivity index (χ1n) is 5.21. The molecule has 2 rings (SSSR count). The van der Waals surface area contributed by atoms with Crippen LogP contribution < -0.4 is 5.43 Å². The van der Waals surface area contributed by atoms with Gasteiger partial charge in [-0.3, -0.25) is 4.98 Å². The number of nitrogens with one attached hydrogen (secondary N) is 1. The van der Waals surface area contributed by atoms with E-state index in [0.717, 1.165) is 5.69 Å². The van der Waals surface area contributed by atoms with Gasteiger partial charge in [0, 0.05) is 12.7 Å². The van der Waals surface area contributed by atoms with E-state index in [1.807, 2.05) is 18.2 Å². The number of esters is 1. The molecule has 0 spiro atoms. The maximum Gasteiger partial charge on any atom is 0.355 e. The fraction of sp³-hybridized carbons (Fsp3) is 0.364. The molecular weight excluding hydrogens is 206 g/mol. The number of carbonyl (C=O) groups excluding carboxylic acids is 1. The first kappa shape index (κ1) is 10.6. The molecule has 0 aliphatic carbocycles. The number of hydrogen-bond donors (Lipinski definition) is 1. The highest BCUT2D eigenvalue weighted by atomic mass is 16.5. The molecule has 1 aromatic heterocycles. The quantitative estimate of drug-likeness (QED) is 0.759. The minimum absolute atomic E-state index is 0.111. The van der Waals surface area contributed by atoms with Gasteiger partial charge in [0.15, 0.2) is 5.71 Å². The minimum atomic E-state index is -0.372. The Hall–Kier alpha value is -1.91. The molecule has 84 valence electrons. The van der Waals surface area contributed by atoms with Gasteiger partial charge in [0.1, 0.15) is 0 Å². The number of carbonyl (C=O) groups is 1. The summed E-state index contributed by atoms with van der Waals surface area (Å²) in [6.07, 6.45) is 1.70. The zero-order chi connectivity index (χ0) is 11.4. The smallest absolute Gasteiger partial charge is 0.355 e. The van der Waals surface area contributed by atoms with Crippen LogP contribution in [0, 0.1) is 0 Å². The van der Waals surface area contributed by atoms with Gasteiger partial charge >= 0.3 is 5.97 Å². The van der Waals surface area contributed by atoms with E-state index in [4.69, 9.17) is 4.74 Å².